The number of para-hydroxylation sites is 2. The van der Waals surface area contributed by atoms with Gasteiger partial charge in [-0.1, -0.05) is 60.1 Å². The van der Waals surface area contributed by atoms with Crippen molar-refractivity contribution < 1.29 is 9.59 Å². The van der Waals surface area contributed by atoms with Gasteiger partial charge in [0.25, 0.3) is 5.91 Å². The van der Waals surface area contributed by atoms with Crippen molar-refractivity contribution in [1.29, 1.82) is 0 Å². The van der Waals surface area contributed by atoms with E-state index in [-0.39, 0.29) is 11.8 Å². The first kappa shape index (κ1) is 18.6. The molecule has 0 bridgehead atoms. The lowest BCUT2D eigenvalue weighted by atomic mass is 9.90. The monoisotopic (exact) mass is 415 g/mol. The predicted molar refractivity (Wildman–Crippen MR) is 118 cm³/mol. The molecule has 2 aliphatic heterocycles. The van der Waals surface area contributed by atoms with E-state index in [1.807, 2.05) is 60.7 Å². The lowest BCUT2D eigenvalue weighted by molar-refractivity contribution is -0.122. The van der Waals surface area contributed by atoms with Crippen molar-refractivity contribution >= 4 is 40.5 Å². The van der Waals surface area contributed by atoms with Crippen molar-refractivity contribution in [2.45, 2.75) is 12.5 Å². The van der Waals surface area contributed by atoms with Crippen LogP contribution in [0.4, 0.5) is 11.4 Å². The van der Waals surface area contributed by atoms with Crippen molar-refractivity contribution in [3.05, 3.63) is 95.5 Å². The number of anilines is 2. The molecule has 0 spiro atoms. The van der Waals surface area contributed by atoms with Crippen molar-refractivity contribution in [2.24, 2.45) is 11.0 Å². The van der Waals surface area contributed by atoms with Gasteiger partial charge in [0, 0.05) is 11.4 Å². The molecule has 6 heteroatoms. The molecule has 2 aliphatic rings. The molecular formula is C24H18ClN3O2. The Hall–Kier alpha value is -3.44. The van der Waals surface area contributed by atoms with Crippen LogP contribution in [0.15, 0.2) is 90.0 Å². The van der Waals surface area contributed by atoms with Crippen molar-refractivity contribution in [3.63, 3.8) is 0 Å². The van der Waals surface area contributed by atoms with E-state index in [2.05, 4.69) is 0 Å². The number of imide groups is 1. The van der Waals surface area contributed by atoms with Crippen LogP contribution in [0.2, 0.25) is 5.02 Å². The Labute approximate surface area is 179 Å². The third-order valence-electron chi connectivity index (χ3n) is 5.51. The SMILES string of the molecule is O=C1C2CC(c3ccc(Cl)cc3)=NN(c3ccccc3)C2C(=O)N1c1ccccc1. The zero-order valence-corrected chi connectivity index (χ0v) is 16.7. The Morgan fingerprint density at radius 3 is 2.00 bits per heavy atom. The van der Waals surface area contributed by atoms with Gasteiger partial charge in [-0.3, -0.25) is 14.6 Å². The van der Waals surface area contributed by atoms with Gasteiger partial charge in [0.05, 0.1) is 23.0 Å². The van der Waals surface area contributed by atoms with E-state index in [1.165, 1.54) is 4.90 Å². The molecule has 2 amide bonds. The van der Waals surface area contributed by atoms with E-state index >= 15 is 0 Å². The molecule has 5 rings (SSSR count). The summed E-state index contributed by atoms with van der Waals surface area (Å²) in [5.74, 6) is -0.960. The molecule has 0 aromatic heterocycles. The lowest BCUT2D eigenvalue weighted by Crippen LogP contribution is -2.45. The van der Waals surface area contributed by atoms with Gasteiger partial charge in [-0.05, 0) is 42.0 Å². The van der Waals surface area contributed by atoms with E-state index in [0.29, 0.717) is 17.1 Å². The number of fused-ring (bicyclic) bond motifs is 1. The minimum atomic E-state index is -0.670. The number of nitrogens with zero attached hydrogens (tertiary/aromatic N) is 3. The molecule has 0 aliphatic carbocycles. The largest absolute Gasteiger partial charge is 0.274 e. The Balaban J connectivity index is 1.61. The van der Waals surface area contributed by atoms with Crippen LogP contribution in [0, 0.1) is 5.92 Å². The second kappa shape index (κ2) is 7.43. The van der Waals surface area contributed by atoms with Crippen molar-refractivity contribution in [1.82, 2.24) is 0 Å². The average molecular weight is 416 g/mol. The number of halogens is 1. The normalized spacial score (nSPS) is 20.9. The molecule has 148 valence electrons. The molecule has 2 unspecified atom stereocenters. The summed E-state index contributed by atoms with van der Waals surface area (Å²) in [4.78, 5) is 28.1. The molecule has 1 saturated heterocycles. The summed E-state index contributed by atoms with van der Waals surface area (Å²) in [7, 11) is 0. The Bertz CT molecular complexity index is 1130. The summed E-state index contributed by atoms with van der Waals surface area (Å²) in [6.07, 6.45) is 0.392. The number of carbonyl (C=O) groups is 2. The third-order valence-corrected chi connectivity index (χ3v) is 5.76. The fraction of sp³-hybridized carbons (Fsp3) is 0.125. The van der Waals surface area contributed by atoms with Crippen LogP contribution in [-0.4, -0.2) is 23.6 Å². The highest BCUT2D eigenvalue weighted by Crippen LogP contribution is 2.38. The molecule has 1 fully saturated rings. The van der Waals surface area contributed by atoms with Crippen LogP contribution in [-0.2, 0) is 9.59 Å². The zero-order chi connectivity index (χ0) is 20.7. The Kier molecular flexibility index (Phi) is 4.60. The second-order valence-corrected chi connectivity index (χ2v) is 7.77. The maximum Gasteiger partial charge on any atom is 0.259 e. The molecule has 0 radical (unpaired) electrons. The summed E-state index contributed by atoms with van der Waals surface area (Å²) in [5.41, 5.74) is 3.00. The fourth-order valence-electron chi connectivity index (χ4n) is 4.08. The smallest absolute Gasteiger partial charge is 0.259 e. The Morgan fingerprint density at radius 2 is 1.37 bits per heavy atom. The zero-order valence-electron chi connectivity index (χ0n) is 16.0. The topological polar surface area (TPSA) is 53.0 Å². The molecule has 0 N–H and O–H groups in total. The van der Waals surface area contributed by atoms with Crippen LogP contribution in [0.3, 0.4) is 0 Å². The molecule has 3 aromatic carbocycles. The van der Waals surface area contributed by atoms with Crippen LogP contribution >= 0.6 is 11.6 Å². The van der Waals surface area contributed by atoms with Gasteiger partial charge < -0.3 is 0 Å². The van der Waals surface area contributed by atoms with Crippen LogP contribution < -0.4 is 9.91 Å². The molecule has 30 heavy (non-hydrogen) atoms. The number of hydrogen-bond acceptors (Lipinski definition) is 4. The Morgan fingerprint density at radius 1 is 0.767 bits per heavy atom. The minimum absolute atomic E-state index is 0.196. The van der Waals surface area contributed by atoms with Gasteiger partial charge in [0.15, 0.2) is 0 Å². The van der Waals surface area contributed by atoms with E-state index in [4.69, 9.17) is 16.7 Å². The highest BCUT2D eigenvalue weighted by Gasteiger charge is 2.53. The maximum atomic E-state index is 13.4. The molecule has 0 saturated carbocycles. The third kappa shape index (κ3) is 3.08. The summed E-state index contributed by atoms with van der Waals surface area (Å²) in [6, 6.07) is 25.3. The van der Waals surface area contributed by atoms with Crippen LogP contribution in [0.5, 0.6) is 0 Å². The molecule has 2 heterocycles. The summed E-state index contributed by atoms with van der Waals surface area (Å²) >= 11 is 6.04. The van der Waals surface area contributed by atoms with Gasteiger partial charge in [0.1, 0.15) is 6.04 Å². The number of hydrazone groups is 1. The summed E-state index contributed by atoms with van der Waals surface area (Å²) in [6.45, 7) is 0. The first-order chi connectivity index (χ1) is 14.6. The van der Waals surface area contributed by atoms with E-state index < -0.39 is 12.0 Å². The number of rotatable bonds is 3. The van der Waals surface area contributed by atoms with Gasteiger partial charge in [-0.2, -0.15) is 5.10 Å². The predicted octanol–water partition coefficient (Wildman–Crippen LogP) is 4.51. The number of hydrogen-bond donors (Lipinski definition) is 0. The highest BCUT2D eigenvalue weighted by atomic mass is 35.5. The van der Waals surface area contributed by atoms with E-state index in [0.717, 1.165) is 17.0 Å². The van der Waals surface area contributed by atoms with Gasteiger partial charge in [-0.15, -0.1) is 0 Å². The van der Waals surface area contributed by atoms with Gasteiger partial charge in [-0.25, -0.2) is 4.90 Å². The van der Waals surface area contributed by atoms with Crippen LogP contribution in [0.1, 0.15) is 12.0 Å². The fourth-order valence-corrected chi connectivity index (χ4v) is 4.20. The highest BCUT2D eigenvalue weighted by molar-refractivity contribution is 6.30. The summed E-state index contributed by atoms with van der Waals surface area (Å²) in [5, 5.41) is 7.15. The van der Waals surface area contributed by atoms with Crippen LogP contribution in [0.25, 0.3) is 0 Å². The number of benzene rings is 3. The van der Waals surface area contributed by atoms with Gasteiger partial charge in [0.2, 0.25) is 5.91 Å². The minimum Gasteiger partial charge on any atom is -0.274 e. The van der Waals surface area contributed by atoms with E-state index in [9.17, 15) is 9.59 Å². The molecule has 3 aromatic rings. The second-order valence-electron chi connectivity index (χ2n) is 7.34. The first-order valence-electron chi connectivity index (χ1n) is 9.74. The van der Waals surface area contributed by atoms with Crippen molar-refractivity contribution in [3.8, 4) is 0 Å². The summed E-state index contributed by atoms with van der Waals surface area (Å²) < 4.78 is 0. The average Bonchev–Trinajstić information content (AvgIpc) is 3.05. The molecule has 5 nitrogen and oxygen atoms in total. The quantitative estimate of drug-likeness (QED) is 0.591. The number of amides is 2. The first-order valence-corrected chi connectivity index (χ1v) is 10.1. The standard InChI is InChI=1S/C24H18ClN3O2/c25-17-13-11-16(12-14-17)21-15-20-22(28(26-21)19-9-5-2-6-10-19)24(30)27(23(20)29)18-7-3-1-4-8-18/h1-14,20,22H,15H2. The molecule has 2 atom stereocenters. The number of carbonyl (C=O) groups excluding carboxylic acids is 2. The van der Waals surface area contributed by atoms with Gasteiger partial charge >= 0.3 is 0 Å². The van der Waals surface area contributed by atoms with Crippen molar-refractivity contribution in [2.75, 3.05) is 9.91 Å². The molecular weight excluding hydrogens is 398 g/mol. The lowest BCUT2D eigenvalue weighted by Gasteiger charge is -2.33. The maximum absolute atomic E-state index is 13.4. The van der Waals surface area contributed by atoms with E-state index in [1.54, 1.807) is 29.3 Å².